The summed E-state index contributed by atoms with van der Waals surface area (Å²) in [6.07, 6.45) is 4.09. The van der Waals surface area contributed by atoms with Crippen LogP contribution in [0.25, 0.3) is 0 Å². The minimum absolute atomic E-state index is 0.108. The van der Waals surface area contributed by atoms with E-state index in [2.05, 4.69) is 5.32 Å². The zero-order chi connectivity index (χ0) is 13.7. The van der Waals surface area contributed by atoms with Crippen molar-refractivity contribution in [2.75, 3.05) is 0 Å². The summed E-state index contributed by atoms with van der Waals surface area (Å²) in [6, 6.07) is -0.815. The molecule has 0 saturated heterocycles. The number of carboxylic acids is 1. The maximum Gasteiger partial charge on any atom is 0.308 e. The number of carbonyl (C=O) groups is 2. The van der Waals surface area contributed by atoms with Crippen molar-refractivity contribution in [2.45, 2.75) is 58.0 Å². The van der Waals surface area contributed by atoms with Crippen LogP contribution < -0.4 is 11.1 Å². The highest BCUT2D eigenvalue weighted by atomic mass is 16.4. The van der Waals surface area contributed by atoms with Crippen molar-refractivity contribution in [3.05, 3.63) is 0 Å². The standard InChI is InChI=1S/C13H24N2O3/c1-3-8(2)11(14)12(16)15-10-7-5-4-6-9(10)13(17)18/h8-11H,3-7,14H2,1-2H3,(H,15,16)(H,17,18)/t8-,9?,10?,11-/m0/s1. The Kier molecular flexibility index (Phi) is 5.59. The molecule has 0 spiro atoms. The highest BCUT2D eigenvalue weighted by molar-refractivity contribution is 5.83. The fourth-order valence-electron chi connectivity index (χ4n) is 2.39. The van der Waals surface area contributed by atoms with Crippen molar-refractivity contribution in [1.82, 2.24) is 5.32 Å². The predicted octanol–water partition coefficient (Wildman–Crippen LogP) is 1.12. The van der Waals surface area contributed by atoms with Gasteiger partial charge in [-0.2, -0.15) is 0 Å². The second kappa shape index (κ2) is 6.73. The van der Waals surface area contributed by atoms with Gasteiger partial charge < -0.3 is 16.2 Å². The van der Waals surface area contributed by atoms with Crippen LogP contribution in [0.2, 0.25) is 0 Å². The molecule has 5 heteroatoms. The molecule has 18 heavy (non-hydrogen) atoms. The Morgan fingerprint density at radius 1 is 1.39 bits per heavy atom. The Bertz CT molecular complexity index is 307. The second-order valence-electron chi connectivity index (χ2n) is 5.26. The van der Waals surface area contributed by atoms with E-state index >= 15 is 0 Å². The smallest absolute Gasteiger partial charge is 0.308 e. The molecule has 1 amide bonds. The lowest BCUT2D eigenvalue weighted by Gasteiger charge is -2.30. The van der Waals surface area contributed by atoms with Crippen LogP contribution in [-0.4, -0.2) is 29.1 Å². The lowest BCUT2D eigenvalue weighted by molar-refractivity contribution is -0.144. The molecule has 0 aromatic rings. The van der Waals surface area contributed by atoms with Crippen LogP contribution in [0.15, 0.2) is 0 Å². The molecular weight excluding hydrogens is 232 g/mol. The number of rotatable bonds is 5. The normalized spacial score (nSPS) is 27.3. The van der Waals surface area contributed by atoms with E-state index in [4.69, 9.17) is 10.8 Å². The summed E-state index contributed by atoms with van der Waals surface area (Å²) in [5.41, 5.74) is 5.85. The summed E-state index contributed by atoms with van der Waals surface area (Å²) in [5.74, 6) is -1.40. The third-order valence-corrected chi connectivity index (χ3v) is 3.97. The van der Waals surface area contributed by atoms with Gasteiger partial charge in [0.1, 0.15) is 0 Å². The highest BCUT2D eigenvalue weighted by Crippen LogP contribution is 2.24. The summed E-state index contributed by atoms with van der Waals surface area (Å²) >= 11 is 0. The van der Waals surface area contributed by atoms with Crippen LogP contribution in [0.4, 0.5) is 0 Å². The number of amides is 1. The van der Waals surface area contributed by atoms with Gasteiger partial charge in [0.2, 0.25) is 5.91 Å². The molecule has 1 rings (SSSR count). The predicted molar refractivity (Wildman–Crippen MR) is 69.0 cm³/mol. The molecule has 1 saturated carbocycles. The highest BCUT2D eigenvalue weighted by Gasteiger charge is 2.33. The van der Waals surface area contributed by atoms with Crippen LogP contribution >= 0.6 is 0 Å². The maximum atomic E-state index is 12.0. The fourth-order valence-corrected chi connectivity index (χ4v) is 2.39. The molecule has 0 radical (unpaired) electrons. The van der Waals surface area contributed by atoms with Gasteiger partial charge in [-0.15, -0.1) is 0 Å². The van der Waals surface area contributed by atoms with Gasteiger partial charge in [-0.1, -0.05) is 33.1 Å². The van der Waals surface area contributed by atoms with Crippen LogP contribution in [0, 0.1) is 11.8 Å². The van der Waals surface area contributed by atoms with Crippen LogP contribution in [0.3, 0.4) is 0 Å². The largest absolute Gasteiger partial charge is 0.481 e. The molecule has 4 atom stereocenters. The van der Waals surface area contributed by atoms with Crippen LogP contribution in [0.5, 0.6) is 0 Å². The summed E-state index contributed by atoms with van der Waals surface area (Å²) in [4.78, 5) is 23.1. The van der Waals surface area contributed by atoms with Crippen molar-refractivity contribution in [1.29, 1.82) is 0 Å². The van der Waals surface area contributed by atoms with Crippen molar-refractivity contribution >= 4 is 11.9 Å². The SMILES string of the molecule is CC[C@H](C)[C@H](N)C(=O)NC1CCCCC1C(=O)O. The van der Waals surface area contributed by atoms with E-state index in [0.717, 1.165) is 25.7 Å². The molecule has 1 aliphatic carbocycles. The molecule has 0 heterocycles. The second-order valence-corrected chi connectivity index (χ2v) is 5.26. The van der Waals surface area contributed by atoms with Gasteiger partial charge in [-0.3, -0.25) is 9.59 Å². The molecule has 0 bridgehead atoms. The number of carbonyl (C=O) groups excluding carboxylic acids is 1. The van der Waals surface area contributed by atoms with E-state index < -0.39 is 17.9 Å². The molecule has 4 N–H and O–H groups in total. The van der Waals surface area contributed by atoms with E-state index in [9.17, 15) is 9.59 Å². The van der Waals surface area contributed by atoms with Gasteiger partial charge in [0.05, 0.1) is 12.0 Å². The molecule has 1 aliphatic rings. The van der Waals surface area contributed by atoms with E-state index in [-0.39, 0.29) is 17.9 Å². The number of aliphatic carboxylic acids is 1. The van der Waals surface area contributed by atoms with Gasteiger partial charge >= 0.3 is 5.97 Å². The molecular formula is C13H24N2O3. The molecule has 0 aliphatic heterocycles. The Balaban J connectivity index is 2.58. The number of hydrogen-bond acceptors (Lipinski definition) is 3. The van der Waals surface area contributed by atoms with Crippen molar-refractivity contribution < 1.29 is 14.7 Å². The first-order valence-electron chi connectivity index (χ1n) is 6.76. The van der Waals surface area contributed by atoms with Gasteiger partial charge in [-0.25, -0.2) is 0 Å². The number of nitrogens with one attached hydrogen (secondary N) is 1. The number of carboxylic acid groups (broad SMARTS) is 1. The van der Waals surface area contributed by atoms with Gasteiger partial charge in [0.15, 0.2) is 0 Å². The quantitative estimate of drug-likeness (QED) is 0.687. The van der Waals surface area contributed by atoms with Crippen LogP contribution in [0.1, 0.15) is 46.0 Å². The summed E-state index contributed by atoms with van der Waals surface area (Å²) < 4.78 is 0. The molecule has 0 aromatic carbocycles. The first-order chi connectivity index (χ1) is 8.47. The topological polar surface area (TPSA) is 92.4 Å². The molecule has 5 nitrogen and oxygen atoms in total. The summed E-state index contributed by atoms with van der Waals surface area (Å²) in [6.45, 7) is 3.91. The third-order valence-electron chi connectivity index (χ3n) is 3.97. The van der Waals surface area contributed by atoms with E-state index in [0.29, 0.717) is 6.42 Å². The van der Waals surface area contributed by atoms with E-state index in [1.165, 1.54) is 0 Å². The Labute approximate surface area is 108 Å². The number of hydrogen-bond donors (Lipinski definition) is 3. The lowest BCUT2D eigenvalue weighted by Crippen LogP contribution is -2.52. The van der Waals surface area contributed by atoms with Gasteiger partial charge in [0, 0.05) is 6.04 Å². The number of nitrogens with two attached hydrogens (primary N) is 1. The van der Waals surface area contributed by atoms with Crippen LogP contribution in [-0.2, 0) is 9.59 Å². The molecule has 1 fully saturated rings. The first kappa shape index (κ1) is 15.0. The fraction of sp³-hybridized carbons (Fsp3) is 0.846. The molecule has 2 unspecified atom stereocenters. The molecule has 104 valence electrons. The van der Waals surface area contributed by atoms with Crippen molar-refractivity contribution in [2.24, 2.45) is 17.6 Å². The van der Waals surface area contributed by atoms with E-state index in [1.807, 2.05) is 13.8 Å². The minimum Gasteiger partial charge on any atom is -0.481 e. The Morgan fingerprint density at radius 2 is 2.00 bits per heavy atom. The lowest BCUT2D eigenvalue weighted by atomic mass is 9.84. The van der Waals surface area contributed by atoms with Crippen molar-refractivity contribution in [3.8, 4) is 0 Å². The summed E-state index contributed by atoms with van der Waals surface area (Å²) in [5, 5.41) is 12.0. The van der Waals surface area contributed by atoms with E-state index in [1.54, 1.807) is 0 Å². The average molecular weight is 256 g/mol. The third kappa shape index (κ3) is 3.70. The zero-order valence-corrected chi connectivity index (χ0v) is 11.2. The first-order valence-corrected chi connectivity index (χ1v) is 6.76. The molecule has 0 aromatic heterocycles. The minimum atomic E-state index is -0.822. The Morgan fingerprint density at radius 3 is 2.56 bits per heavy atom. The van der Waals surface area contributed by atoms with Gasteiger partial charge in [-0.05, 0) is 18.8 Å². The monoisotopic (exact) mass is 256 g/mol. The van der Waals surface area contributed by atoms with Crippen molar-refractivity contribution in [3.63, 3.8) is 0 Å². The maximum absolute atomic E-state index is 12.0. The summed E-state index contributed by atoms with van der Waals surface area (Å²) in [7, 11) is 0. The zero-order valence-electron chi connectivity index (χ0n) is 11.2. The Hall–Kier alpha value is -1.10. The average Bonchev–Trinajstić information content (AvgIpc) is 2.37. The van der Waals surface area contributed by atoms with Gasteiger partial charge in [0.25, 0.3) is 0 Å².